The van der Waals surface area contributed by atoms with E-state index in [1.165, 1.54) is 6.20 Å². The number of hydrogen-bond acceptors (Lipinski definition) is 6. The fraction of sp³-hybridized carbons (Fsp3) is 0.500. The largest absolute Gasteiger partial charge is 0.477 e. The molecule has 27 heavy (non-hydrogen) atoms. The number of piperazine rings is 1. The first-order valence-corrected chi connectivity index (χ1v) is 9.22. The van der Waals surface area contributed by atoms with Crippen LogP contribution in [0.1, 0.15) is 35.7 Å². The first-order chi connectivity index (χ1) is 13.0. The summed E-state index contributed by atoms with van der Waals surface area (Å²) in [5.41, 5.74) is 4.81. The minimum Gasteiger partial charge on any atom is -0.477 e. The summed E-state index contributed by atoms with van der Waals surface area (Å²) in [7, 11) is 0. The van der Waals surface area contributed by atoms with E-state index < -0.39 is 22.8 Å². The summed E-state index contributed by atoms with van der Waals surface area (Å²) in [6.07, 6.45) is 4.00. The maximum Gasteiger partial charge on any atom is 0.341 e. The second-order valence-corrected chi connectivity index (χ2v) is 7.61. The van der Waals surface area contributed by atoms with Crippen LogP contribution in [0, 0.1) is 5.82 Å². The molecule has 3 aliphatic rings. The fourth-order valence-electron chi connectivity index (χ4n) is 4.31. The maximum atomic E-state index is 15.2. The summed E-state index contributed by atoms with van der Waals surface area (Å²) in [6.45, 7) is 3.34. The van der Waals surface area contributed by atoms with Crippen LogP contribution in [0.2, 0.25) is 0 Å². The number of nitrogens with two attached hydrogens (primary N) is 1. The van der Waals surface area contributed by atoms with E-state index in [1.54, 1.807) is 4.57 Å². The Hall–Kier alpha value is -2.68. The van der Waals surface area contributed by atoms with Gasteiger partial charge in [0.05, 0.1) is 11.1 Å². The Kier molecular flexibility index (Phi) is 3.45. The lowest BCUT2D eigenvalue weighted by molar-refractivity contribution is 0.0695. The second kappa shape index (κ2) is 5.66. The van der Waals surface area contributed by atoms with E-state index in [1.807, 2.05) is 4.90 Å². The monoisotopic (exact) mass is 373 g/mol. The molecule has 3 fully saturated rings. The van der Waals surface area contributed by atoms with Gasteiger partial charge in [0.25, 0.3) is 0 Å². The highest BCUT2D eigenvalue weighted by Crippen LogP contribution is 2.39. The van der Waals surface area contributed by atoms with Gasteiger partial charge in [-0.3, -0.25) is 9.69 Å². The number of hydrogen-bond donors (Lipinski definition) is 2. The number of pyridine rings is 2. The lowest BCUT2D eigenvalue weighted by Gasteiger charge is -2.35. The number of rotatable bonds is 3. The van der Waals surface area contributed by atoms with Crippen molar-refractivity contribution in [2.24, 2.45) is 0 Å². The van der Waals surface area contributed by atoms with Crippen molar-refractivity contribution in [3.05, 3.63) is 27.8 Å². The predicted molar refractivity (Wildman–Crippen MR) is 97.8 cm³/mol. The molecule has 8 nitrogen and oxygen atoms in total. The van der Waals surface area contributed by atoms with Gasteiger partial charge in [0.2, 0.25) is 5.43 Å². The molecule has 0 spiro atoms. The van der Waals surface area contributed by atoms with E-state index in [0.717, 1.165) is 38.9 Å². The molecule has 2 aliphatic heterocycles. The third kappa shape index (κ3) is 2.41. The number of aromatic nitrogens is 2. The number of carbonyl (C=O) groups is 1. The van der Waals surface area contributed by atoms with E-state index in [4.69, 9.17) is 5.73 Å². The van der Waals surface area contributed by atoms with Crippen LogP contribution in [-0.2, 0) is 0 Å². The van der Waals surface area contributed by atoms with Gasteiger partial charge in [-0.25, -0.2) is 14.2 Å². The van der Waals surface area contributed by atoms with Gasteiger partial charge in [-0.05, 0) is 19.3 Å². The molecule has 0 radical (unpaired) electrons. The quantitative estimate of drug-likeness (QED) is 0.828. The van der Waals surface area contributed by atoms with Crippen molar-refractivity contribution in [3.8, 4) is 0 Å². The van der Waals surface area contributed by atoms with Crippen LogP contribution in [0.3, 0.4) is 0 Å². The number of anilines is 2. The second-order valence-electron chi connectivity index (χ2n) is 7.61. The molecule has 2 saturated heterocycles. The average Bonchev–Trinajstić information content (AvgIpc) is 3.41. The zero-order valence-electron chi connectivity index (χ0n) is 14.7. The molecule has 9 heteroatoms. The molecule has 3 N–H and O–H groups in total. The fourth-order valence-corrected chi connectivity index (χ4v) is 4.31. The van der Waals surface area contributed by atoms with Crippen LogP contribution in [0.15, 0.2) is 11.0 Å². The van der Waals surface area contributed by atoms with Gasteiger partial charge in [-0.2, -0.15) is 0 Å². The third-order valence-electron chi connectivity index (χ3n) is 5.91. The predicted octanol–water partition coefficient (Wildman–Crippen LogP) is 1.05. The van der Waals surface area contributed by atoms with Crippen molar-refractivity contribution in [1.82, 2.24) is 14.5 Å². The Morgan fingerprint density at radius 1 is 1.22 bits per heavy atom. The normalized spacial score (nSPS) is 24.6. The highest BCUT2D eigenvalue weighted by Gasteiger charge is 2.36. The standard InChI is InChI=1S/C18H20FN5O3/c19-13-14(20)12-15(25)11(18(26)27)8-24(9-1-2-9)16(12)21-17(13)23-6-5-22-4-3-10(23)7-22/h8-10H,1-7H2,(H2,20,21)(H,26,27). The number of aromatic carboxylic acids is 1. The van der Waals surface area contributed by atoms with E-state index in [0.29, 0.717) is 6.54 Å². The van der Waals surface area contributed by atoms with Crippen LogP contribution in [0.5, 0.6) is 0 Å². The van der Waals surface area contributed by atoms with Crippen LogP contribution < -0.4 is 16.1 Å². The SMILES string of the molecule is Nc1c(F)c(N2CCN3CCC2C3)nc2c1c(=O)c(C(=O)O)cn2C1CC1. The van der Waals surface area contributed by atoms with E-state index in [2.05, 4.69) is 9.88 Å². The number of fused-ring (bicyclic) bond motifs is 3. The van der Waals surface area contributed by atoms with Gasteiger partial charge >= 0.3 is 5.97 Å². The van der Waals surface area contributed by atoms with Crippen molar-refractivity contribution in [2.75, 3.05) is 36.8 Å². The number of carboxylic acid groups (broad SMARTS) is 1. The first kappa shape index (κ1) is 16.5. The third-order valence-corrected chi connectivity index (χ3v) is 5.91. The minimum absolute atomic E-state index is 0.0692. The Balaban J connectivity index is 1.76. The zero-order chi connectivity index (χ0) is 18.9. The molecule has 5 rings (SSSR count). The average molecular weight is 373 g/mol. The van der Waals surface area contributed by atoms with Gasteiger partial charge in [0.1, 0.15) is 11.2 Å². The van der Waals surface area contributed by atoms with Crippen LogP contribution in [0.4, 0.5) is 15.9 Å². The van der Waals surface area contributed by atoms with E-state index in [9.17, 15) is 14.7 Å². The number of nitrogen functional groups attached to an aromatic ring is 1. The molecule has 2 unspecified atom stereocenters. The van der Waals surface area contributed by atoms with Gasteiger partial charge < -0.3 is 20.3 Å². The minimum atomic E-state index is -1.35. The lowest BCUT2D eigenvalue weighted by Crippen LogP contribution is -2.47. The summed E-state index contributed by atoms with van der Waals surface area (Å²) in [4.78, 5) is 32.9. The summed E-state index contributed by atoms with van der Waals surface area (Å²) < 4.78 is 16.8. The summed E-state index contributed by atoms with van der Waals surface area (Å²) in [5.74, 6) is -1.91. The molecule has 4 heterocycles. The molecule has 0 aromatic carbocycles. The molecule has 1 aliphatic carbocycles. The van der Waals surface area contributed by atoms with Crippen molar-refractivity contribution in [3.63, 3.8) is 0 Å². The highest BCUT2D eigenvalue weighted by atomic mass is 19.1. The number of nitrogens with zero attached hydrogens (tertiary/aromatic N) is 4. The van der Waals surface area contributed by atoms with Gasteiger partial charge in [0, 0.05) is 44.5 Å². The molecular weight excluding hydrogens is 353 g/mol. The van der Waals surface area contributed by atoms with Crippen LogP contribution in [0.25, 0.3) is 11.0 Å². The smallest absolute Gasteiger partial charge is 0.341 e. The van der Waals surface area contributed by atoms with Crippen LogP contribution >= 0.6 is 0 Å². The van der Waals surface area contributed by atoms with Crippen molar-refractivity contribution < 1.29 is 14.3 Å². The van der Waals surface area contributed by atoms with Crippen molar-refractivity contribution >= 4 is 28.5 Å². The summed E-state index contributed by atoms with van der Waals surface area (Å²) in [5, 5.41) is 9.23. The van der Waals surface area contributed by atoms with Crippen molar-refractivity contribution in [2.45, 2.75) is 31.3 Å². The molecule has 1 saturated carbocycles. The molecule has 2 aromatic rings. The lowest BCUT2D eigenvalue weighted by atomic mass is 10.1. The zero-order valence-corrected chi connectivity index (χ0v) is 14.7. The first-order valence-electron chi connectivity index (χ1n) is 9.22. The summed E-state index contributed by atoms with van der Waals surface area (Å²) in [6, 6.07) is 0.247. The van der Waals surface area contributed by atoms with Crippen LogP contribution in [-0.4, -0.2) is 57.7 Å². The number of halogens is 1. The molecule has 2 aromatic heterocycles. The molecular formula is C18H20FN5O3. The van der Waals surface area contributed by atoms with Gasteiger partial charge in [-0.1, -0.05) is 0 Å². The maximum absolute atomic E-state index is 15.2. The van der Waals surface area contributed by atoms with E-state index in [-0.39, 0.29) is 34.6 Å². The topological polar surface area (TPSA) is 105 Å². The van der Waals surface area contributed by atoms with Crippen molar-refractivity contribution in [1.29, 1.82) is 0 Å². The molecule has 2 atom stereocenters. The van der Waals surface area contributed by atoms with Gasteiger partial charge in [-0.15, -0.1) is 0 Å². The Bertz CT molecular complexity index is 1030. The Labute approximate surface area is 154 Å². The summed E-state index contributed by atoms with van der Waals surface area (Å²) >= 11 is 0. The van der Waals surface area contributed by atoms with E-state index >= 15 is 4.39 Å². The molecule has 142 valence electrons. The Morgan fingerprint density at radius 3 is 2.70 bits per heavy atom. The number of carboxylic acids is 1. The van der Waals surface area contributed by atoms with Gasteiger partial charge in [0.15, 0.2) is 11.6 Å². The Morgan fingerprint density at radius 2 is 2.00 bits per heavy atom. The molecule has 0 amide bonds. The molecule has 2 bridgehead atoms. The highest BCUT2D eigenvalue weighted by molar-refractivity contribution is 5.97.